The predicted molar refractivity (Wildman–Crippen MR) is 82.7 cm³/mol. The first kappa shape index (κ1) is 13.7. The van der Waals surface area contributed by atoms with Crippen LogP contribution in [0.25, 0.3) is 5.65 Å². The lowest BCUT2D eigenvalue weighted by Crippen LogP contribution is -2.32. The molecule has 2 aliphatic rings. The second kappa shape index (κ2) is 5.68. The first-order valence-electron chi connectivity index (χ1n) is 8.20. The van der Waals surface area contributed by atoms with E-state index >= 15 is 0 Å². The van der Waals surface area contributed by atoms with Gasteiger partial charge in [0.15, 0.2) is 5.65 Å². The summed E-state index contributed by atoms with van der Waals surface area (Å²) in [5, 5.41) is 11.0. The minimum atomic E-state index is -0.0501. The molecule has 1 saturated heterocycles. The molecule has 4 rings (SSSR count). The molecule has 2 aromatic rings. The van der Waals surface area contributed by atoms with Gasteiger partial charge in [-0.15, -0.1) is 0 Å². The Bertz CT molecular complexity index is 683. The number of carbonyl (C=O) groups is 1. The van der Waals surface area contributed by atoms with E-state index in [-0.39, 0.29) is 5.91 Å². The summed E-state index contributed by atoms with van der Waals surface area (Å²) in [6.07, 6.45) is 10.3. The molecule has 3 heterocycles. The van der Waals surface area contributed by atoms with E-state index < -0.39 is 0 Å². The number of amides is 1. The number of hydrogen-bond acceptors (Lipinski definition) is 4. The standard InChI is InChI=1S/C16H21N5O/c22-16(20-11-4-1-2-5-11)12-10-19-21-14(7-9-18-15(12)21)13-6-3-8-17-13/h7,9-11,13,17H,1-6,8H2,(H,20,22). The number of rotatable bonds is 3. The van der Waals surface area contributed by atoms with Crippen molar-refractivity contribution >= 4 is 11.6 Å². The fraction of sp³-hybridized carbons (Fsp3) is 0.562. The highest BCUT2D eigenvalue weighted by atomic mass is 16.1. The van der Waals surface area contributed by atoms with E-state index in [0.717, 1.165) is 31.5 Å². The van der Waals surface area contributed by atoms with Crippen molar-refractivity contribution in [2.75, 3.05) is 6.54 Å². The maximum atomic E-state index is 12.5. The van der Waals surface area contributed by atoms with E-state index in [1.807, 2.05) is 10.6 Å². The van der Waals surface area contributed by atoms with Gasteiger partial charge in [0, 0.05) is 18.3 Å². The van der Waals surface area contributed by atoms with Crippen LogP contribution in [0.5, 0.6) is 0 Å². The largest absolute Gasteiger partial charge is 0.349 e. The van der Waals surface area contributed by atoms with Crippen molar-refractivity contribution in [1.82, 2.24) is 25.2 Å². The Balaban J connectivity index is 1.64. The summed E-state index contributed by atoms with van der Waals surface area (Å²) in [7, 11) is 0. The van der Waals surface area contributed by atoms with E-state index in [2.05, 4.69) is 20.7 Å². The molecule has 2 aromatic heterocycles. The summed E-state index contributed by atoms with van der Waals surface area (Å²) in [6.45, 7) is 1.03. The van der Waals surface area contributed by atoms with Crippen LogP contribution in [0, 0.1) is 0 Å². The number of aromatic nitrogens is 3. The monoisotopic (exact) mass is 299 g/mol. The number of carbonyl (C=O) groups excluding carboxylic acids is 1. The van der Waals surface area contributed by atoms with Gasteiger partial charge in [-0.1, -0.05) is 12.8 Å². The summed E-state index contributed by atoms with van der Waals surface area (Å²) in [5.41, 5.74) is 2.32. The van der Waals surface area contributed by atoms with Crippen LogP contribution in [0.4, 0.5) is 0 Å². The van der Waals surface area contributed by atoms with Crippen molar-refractivity contribution in [3.05, 3.63) is 29.7 Å². The van der Waals surface area contributed by atoms with Crippen LogP contribution in [-0.4, -0.2) is 33.1 Å². The predicted octanol–water partition coefficient (Wildman–Crippen LogP) is 1.83. The van der Waals surface area contributed by atoms with E-state index in [4.69, 9.17) is 0 Å². The molecule has 2 fully saturated rings. The zero-order valence-electron chi connectivity index (χ0n) is 12.6. The van der Waals surface area contributed by atoms with Crippen LogP contribution >= 0.6 is 0 Å². The molecule has 1 aliphatic heterocycles. The highest BCUT2D eigenvalue weighted by Gasteiger charge is 2.24. The summed E-state index contributed by atoms with van der Waals surface area (Å²) in [6, 6.07) is 2.60. The Morgan fingerprint density at radius 1 is 1.27 bits per heavy atom. The summed E-state index contributed by atoms with van der Waals surface area (Å²) < 4.78 is 1.81. The molecule has 6 heteroatoms. The minimum absolute atomic E-state index is 0.0501. The molecule has 1 atom stereocenters. The highest BCUT2D eigenvalue weighted by Crippen LogP contribution is 2.24. The molecule has 2 N–H and O–H groups in total. The highest BCUT2D eigenvalue weighted by molar-refractivity contribution is 5.99. The number of nitrogens with one attached hydrogen (secondary N) is 2. The first-order chi connectivity index (χ1) is 10.8. The molecular weight excluding hydrogens is 278 g/mol. The Kier molecular flexibility index (Phi) is 3.54. The van der Waals surface area contributed by atoms with Crippen LogP contribution in [0.3, 0.4) is 0 Å². The van der Waals surface area contributed by atoms with Crippen molar-refractivity contribution in [3.63, 3.8) is 0 Å². The molecule has 0 radical (unpaired) electrons. The molecule has 0 spiro atoms. The summed E-state index contributed by atoms with van der Waals surface area (Å²) in [5.74, 6) is -0.0501. The fourth-order valence-corrected chi connectivity index (χ4v) is 3.60. The van der Waals surface area contributed by atoms with Crippen molar-refractivity contribution < 1.29 is 4.79 Å². The molecule has 1 saturated carbocycles. The molecule has 1 unspecified atom stereocenters. The van der Waals surface area contributed by atoms with Crippen molar-refractivity contribution in [2.45, 2.75) is 50.6 Å². The maximum absolute atomic E-state index is 12.5. The van der Waals surface area contributed by atoms with E-state index in [1.165, 1.54) is 19.3 Å². The third-order valence-corrected chi connectivity index (χ3v) is 4.78. The van der Waals surface area contributed by atoms with E-state index in [0.29, 0.717) is 23.3 Å². The van der Waals surface area contributed by atoms with Crippen LogP contribution in [-0.2, 0) is 0 Å². The third kappa shape index (κ3) is 2.37. The molecule has 6 nitrogen and oxygen atoms in total. The van der Waals surface area contributed by atoms with E-state index in [9.17, 15) is 4.79 Å². The number of fused-ring (bicyclic) bond motifs is 1. The molecule has 0 bridgehead atoms. The lowest BCUT2D eigenvalue weighted by atomic mass is 10.1. The van der Waals surface area contributed by atoms with Crippen LogP contribution in [0.1, 0.15) is 60.6 Å². The second-order valence-corrected chi connectivity index (χ2v) is 6.27. The number of nitrogens with zero attached hydrogens (tertiary/aromatic N) is 3. The normalized spacial score (nSPS) is 22.5. The zero-order valence-corrected chi connectivity index (χ0v) is 12.6. The quantitative estimate of drug-likeness (QED) is 0.907. The minimum Gasteiger partial charge on any atom is -0.349 e. The van der Waals surface area contributed by atoms with Crippen LogP contribution < -0.4 is 10.6 Å². The molecule has 1 amide bonds. The van der Waals surface area contributed by atoms with Crippen LogP contribution in [0.2, 0.25) is 0 Å². The Morgan fingerprint density at radius 2 is 2.14 bits per heavy atom. The first-order valence-corrected chi connectivity index (χ1v) is 8.20. The topological polar surface area (TPSA) is 71.3 Å². The van der Waals surface area contributed by atoms with E-state index in [1.54, 1.807) is 12.4 Å². The maximum Gasteiger partial charge on any atom is 0.256 e. The SMILES string of the molecule is O=C(NC1CCCC1)c1cnn2c(C3CCCN3)ccnc12. The molecule has 1 aliphatic carbocycles. The van der Waals surface area contributed by atoms with Gasteiger partial charge in [0.1, 0.15) is 5.56 Å². The Morgan fingerprint density at radius 3 is 2.91 bits per heavy atom. The van der Waals surface area contributed by atoms with Gasteiger partial charge in [0.25, 0.3) is 5.91 Å². The van der Waals surface area contributed by atoms with Gasteiger partial charge in [-0.2, -0.15) is 5.10 Å². The van der Waals surface area contributed by atoms with Crippen LogP contribution in [0.15, 0.2) is 18.5 Å². The van der Waals surface area contributed by atoms with Gasteiger partial charge in [0.2, 0.25) is 0 Å². The van der Waals surface area contributed by atoms with Gasteiger partial charge < -0.3 is 10.6 Å². The average Bonchev–Trinajstić information content (AvgIpc) is 3.27. The third-order valence-electron chi connectivity index (χ3n) is 4.78. The Labute approximate surface area is 129 Å². The van der Waals surface area contributed by atoms with Gasteiger partial charge in [0.05, 0.1) is 11.9 Å². The summed E-state index contributed by atoms with van der Waals surface area (Å²) >= 11 is 0. The van der Waals surface area contributed by atoms with Gasteiger partial charge >= 0.3 is 0 Å². The second-order valence-electron chi connectivity index (χ2n) is 6.27. The Hall–Kier alpha value is -1.95. The smallest absolute Gasteiger partial charge is 0.256 e. The molecule has 0 aromatic carbocycles. The average molecular weight is 299 g/mol. The fourth-order valence-electron chi connectivity index (χ4n) is 3.60. The lowest BCUT2D eigenvalue weighted by Gasteiger charge is -2.13. The van der Waals surface area contributed by atoms with Gasteiger partial charge in [-0.3, -0.25) is 4.79 Å². The van der Waals surface area contributed by atoms with Gasteiger partial charge in [-0.25, -0.2) is 9.50 Å². The zero-order chi connectivity index (χ0) is 14.9. The van der Waals surface area contributed by atoms with Crippen molar-refractivity contribution in [2.24, 2.45) is 0 Å². The summed E-state index contributed by atoms with van der Waals surface area (Å²) in [4.78, 5) is 16.9. The number of hydrogen-bond donors (Lipinski definition) is 2. The lowest BCUT2D eigenvalue weighted by molar-refractivity contribution is 0.0939. The molecular formula is C16H21N5O. The van der Waals surface area contributed by atoms with Gasteiger partial charge in [-0.05, 0) is 38.3 Å². The molecule has 116 valence electrons. The van der Waals surface area contributed by atoms with Crippen molar-refractivity contribution in [1.29, 1.82) is 0 Å². The molecule has 22 heavy (non-hydrogen) atoms. The van der Waals surface area contributed by atoms with Crippen molar-refractivity contribution in [3.8, 4) is 0 Å².